The number of aromatic nitrogens is 5. The first-order valence-electron chi connectivity index (χ1n) is 9.29. The molecule has 4 heterocycles. The van der Waals surface area contributed by atoms with Gasteiger partial charge in [0.2, 0.25) is 5.88 Å². The molecule has 1 aliphatic rings. The van der Waals surface area contributed by atoms with Crippen LogP contribution >= 0.6 is 0 Å². The molecule has 1 fully saturated rings. The molecule has 0 amide bonds. The van der Waals surface area contributed by atoms with E-state index in [0.717, 1.165) is 6.33 Å². The summed E-state index contributed by atoms with van der Waals surface area (Å²) in [5.74, 6) is -0.366. The lowest BCUT2D eigenvalue weighted by Gasteiger charge is -2.17. The fourth-order valence-electron chi connectivity index (χ4n) is 3.62. The number of ether oxygens (including phenoxy) is 1. The highest BCUT2D eigenvalue weighted by atomic mass is 16.6. The van der Waals surface area contributed by atoms with Crippen LogP contribution in [-0.4, -0.2) is 69.8 Å². The third kappa shape index (κ3) is 2.98. The van der Waals surface area contributed by atoms with Crippen LogP contribution in [0.3, 0.4) is 0 Å². The van der Waals surface area contributed by atoms with Crippen LogP contribution in [0, 0.1) is 0 Å². The molecule has 1 aromatic carbocycles. The monoisotopic (exact) mass is 427 g/mol. The van der Waals surface area contributed by atoms with Crippen molar-refractivity contribution in [2.45, 2.75) is 24.5 Å². The maximum atomic E-state index is 12.2. The molecule has 0 saturated carbocycles. The van der Waals surface area contributed by atoms with Gasteiger partial charge in [-0.3, -0.25) is 9.36 Å². The average molecular weight is 427 g/mol. The summed E-state index contributed by atoms with van der Waals surface area (Å²) in [4.78, 5) is 25.6. The van der Waals surface area contributed by atoms with Gasteiger partial charge in [0, 0.05) is 5.39 Å². The van der Waals surface area contributed by atoms with E-state index in [4.69, 9.17) is 4.74 Å². The smallest absolute Gasteiger partial charge is 0.278 e. The normalized spacial score (nSPS) is 24.1. The molecule has 0 radical (unpaired) electrons. The Kier molecular flexibility index (Phi) is 4.51. The molecule has 0 unspecified atom stereocenters. The third-order valence-corrected chi connectivity index (χ3v) is 5.14. The quantitative estimate of drug-likeness (QED) is 0.251. The lowest BCUT2D eigenvalue weighted by atomic mass is 10.1. The number of para-hydroxylation sites is 1. The number of aliphatic hydroxyl groups excluding tert-OH is 3. The number of nitrogens with one attached hydrogen (secondary N) is 2. The first-order chi connectivity index (χ1) is 15.0. The summed E-state index contributed by atoms with van der Waals surface area (Å²) in [5, 5.41) is 48.9. The summed E-state index contributed by atoms with van der Waals surface area (Å²) in [6, 6.07) is 7.05. The van der Waals surface area contributed by atoms with E-state index in [0.29, 0.717) is 10.9 Å². The fourth-order valence-corrected chi connectivity index (χ4v) is 3.62. The van der Waals surface area contributed by atoms with Crippen molar-refractivity contribution in [3.8, 4) is 5.88 Å². The van der Waals surface area contributed by atoms with Crippen molar-refractivity contribution in [3.05, 3.63) is 40.9 Å². The SMILES string of the molecule is O=c1[nH]cnc2c1nc(N=Nc1c(O)[nH]c3ccccc13)n2[C@@H]1O[C@H](CO)[C@@H](O)[C@H]1O. The number of imidazole rings is 1. The van der Waals surface area contributed by atoms with Gasteiger partial charge in [-0.05, 0) is 6.07 Å². The number of fused-ring (bicyclic) bond motifs is 2. The van der Waals surface area contributed by atoms with Crippen molar-refractivity contribution in [1.82, 2.24) is 24.5 Å². The molecule has 1 saturated heterocycles. The standard InChI is InChI=1S/C18H17N7O6/c26-5-9-12(27)13(28)17(31-9)25-14-11(15(29)20-6-19-14)22-18(25)24-23-10-7-3-1-2-4-8(7)21-16(10)30/h1-4,6,9,12-13,17,21,26-28,30H,5H2,(H,19,20,29)/t9-,12-,13-,17-/m1/s1. The van der Waals surface area contributed by atoms with Crippen LogP contribution in [0.25, 0.3) is 22.1 Å². The van der Waals surface area contributed by atoms with Crippen LogP contribution in [0.4, 0.5) is 11.6 Å². The predicted octanol–water partition coefficient (Wildman–Crippen LogP) is 0.333. The van der Waals surface area contributed by atoms with E-state index in [1.807, 2.05) is 0 Å². The van der Waals surface area contributed by atoms with Crippen LogP contribution in [0.5, 0.6) is 5.88 Å². The van der Waals surface area contributed by atoms with E-state index >= 15 is 0 Å². The van der Waals surface area contributed by atoms with Gasteiger partial charge >= 0.3 is 0 Å². The topological polar surface area (TPSA) is 194 Å². The Morgan fingerprint density at radius 1 is 1.19 bits per heavy atom. The Morgan fingerprint density at radius 2 is 2.00 bits per heavy atom. The molecule has 13 heteroatoms. The number of hydrogen-bond donors (Lipinski definition) is 6. The van der Waals surface area contributed by atoms with Crippen molar-refractivity contribution in [2.24, 2.45) is 10.2 Å². The van der Waals surface area contributed by atoms with Crippen LogP contribution in [0.1, 0.15) is 6.23 Å². The highest BCUT2D eigenvalue weighted by molar-refractivity contribution is 5.94. The van der Waals surface area contributed by atoms with Gasteiger partial charge in [0.15, 0.2) is 23.1 Å². The summed E-state index contributed by atoms with van der Waals surface area (Å²) in [6.07, 6.45) is -3.97. The van der Waals surface area contributed by atoms with Gasteiger partial charge in [0.25, 0.3) is 11.5 Å². The zero-order valence-electron chi connectivity index (χ0n) is 15.7. The number of aliphatic hydroxyl groups is 3. The lowest BCUT2D eigenvalue weighted by Crippen LogP contribution is -2.33. The molecular weight excluding hydrogens is 410 g/mol. The summed E-state index contributed by atoms with van der Waals surface area (Å²) >= 11 is 0. The highest BCUT2D eigenvalue weighted by Crippen LogP contribution is 2.38. The first-order valence-corrected chi connectivity index (χ1v) is 9.29. The number of aromatic amines is 2. The van der Waals surface area contributed by atoms with Crippen LogP contribution in [-0.2, 0) is 4.74 Å². The van der Waals surface area contributed by atoms with Crippen LogP contribution in [0.15, 0.2) is 45.6 Å². The van der Waals surface area contributed by atoms with Crippen molar-refractivity contribution in [2.75, 3.05) is 6.61 Å². The van der Waals surface area contributed by atoms with E-state index in [1.165, 1.54) is 4.57 Å². The molecule has 160 valence electrons. The molecule has 4 atom stereocenters. The predicted molar refractivity (Wildman–Crippen MR) is 105 cm³/mol. The van der Waals surface area contributed by atoms with Crippen molar-refractivity contribution < 1.29 is 25.2 Å². The molecule has 3 aromatic heterocycles. The number of benzene rings is 1. The van der Waals surface area contributed by atoms with Gasteiger partial charge in [0.1, 0.15) is 18.3 Å². The van der Waals surface area contributed by atoms with Gasteiger partial charge in [-0.15, -0.1) is 10.2 Å². The van der Waals surface area contributed by atoms with Crippen molar-refractivity contribution >= 4 is 33.7 Å². The Morgan fingerprint density at radius 3 is 2.77 bits per heavy atom. The molecule has 13 nitrogen and oxygen atoms in total. The summed E-state index contributed by atoms with van der Waals surface area (Å²) in [7, 11) is 0. The lowest BCUT2D eigenvalue weighted by molar-refractivity contribution is -0.0503. The molecule has 5 rings (SSSR count). The molecular formula is C18H17N7O6. The van der Waals surface area contributed by atoms with E-state index in [-0.39, 0.29) is 28.7 Å². The molecule has 0 spiro atoms. The number of aromatic hydroxyl groups is 1. The minimum Gasteiger partial charge on any atom is -0.493 e. The highest BCUT2D eigenvalue weighted by Gasteiger charge is 2.45. The maximum Gasteiger partial charge on any atom is 0.278 e. The van der Waals surface area contributed by atoms with Gasteiger partial charge in [-0.2, -0.15) is 0 Å². The summed E-state index contributed by atoms with van der Waals surface area (Å²) in [5.41, 5.74) is 0.191. The van der Waals surface area contributed by atoms with Gasteiger partial charge in [-0.1, -0.05) is 18.2 Å². The minimum atomic E-state index is -1.45. The molecule has 0 aliphatic carbocycles. The van der Waals surface area contributed by atoms with Gasteiger partial charge < -0.3 is 35.1 Å². The van der Waals surface area contributed by atoms with Crippen LogP contribution < -0.4 is 5.56 Å². The van der Waals surface area contributed by atoms with Gasteiger partial charge in [-0.25, -0.2) is 9.97 Å². The zero-order chi connectivity index (χ0) is 21.7. The number of H-pyrrole nitrogens is 2. The van der Waals surface area contributed by atoms with Crippen molar-refractivity contribution in [3.63, 3.8) is 0 Å². The van der Waals surface area contributed by atoms with Crippen LogP contribution in [0.2, 0.25) is 0 Å². The zero-order valence-corrected chi connectivity index (χ0v) is 15.7. The first kappa shape index (κ1) is 19.3. The molecule has 0 bridgehead atoms. The fraction of sp³-hybridized carbons (Fsp3) is 0.278. The third-order valence-electron chi connectivity index (χ3n) is 5.14. The maximum absolute atomic E-state index is 12.2. The molecule has 6 N–H and O–H groups in total. The number of azo groups is 1. The second-order valence-electron chi connectivity index (χ2n) is 6.98. The molecule has 31 heavy (non-hydrogen) atoms. The Bertz CT molecular complexity index is 1360. The Balaban J connectivity index is 1.66. The van der Waals surface area contributed by atoms with E-state index in [2.05, 4.69) is 30.2 Å². The number of nitrogens with zero attached hydrogens (tertiary/aromatic N) is 5. The van der Waals surface area contributed by atoms with Gasteiger partial charge in [0.05, 0.1) is 18.5 Å². The second kappa shape index (κ2) is 7.24. The number of hydrogen-bond acceptors (Lipinski definition) is 10. The molecule has 4 aromatic rings. The Hall–Kier alpha value is -3.65. The largest absolute Gasteiger partial charge is 0.493 e. The number of rotatable bonds is 4. The molecule has 1 aliphatic heterocycles. The van der Waals surface area contributed by atoms with E-state index in [9.17, 15) is 25.2 Å². The minimum absolute atomic E-state index is 0.0377. The summed E-state index contributed by atoms with van der Waals surface area (Å²) < 4.78 is 6.77. The van der Waals surface area contributed by atoms with E-state index < -0.39 is 36.7 Å². The Labute approximate surface area is 172 Å². The van der Waals surface area contributed by atoms with Crippen molar-refractivity contribution in [1.29, 1.82) is 0 Å². The average Bonchev–Trinajstić information content (AvgIpc) is 3.38. The van der Waals surface area contributed by atoms with E-state index in [1.54, 1.807) is 24.3 Å². The second-order valence-corrected chi connectivity index (χ2v) is 6.98. The summed E-state index contributed by atoms with van der Waals surface area (Å²) in [6.45, 7) is -0.532.